The molecule has 20 heavy (non-hydrogen) atoms. The molecule has 1 amide bonds. The van der Waals surface area contributed by atoms with Gasteiger partial charge in [-0.05, 0) is 31.2 Å². The van der Waals surface area contributed by atoms with Crippen molar-refractivity contribution < 1.29 is 4.79 Å². The van der Waals surface area contributed by atoms with Crippen LogP contribution in [0, 0.1) is 11.3 Å². The second-order valence-corrected chi connectivity index (χ2v) is 10.3. The first kappa shape index (κ1) is 20.2. The summed E-state index contributed by atoms with van der Waals surface area (Å²) in [4.78, 5) is 12.4. The number of amides is 1. The quantitative estimate of drug-likeness (QED) is 0.353. The minimum Gasteiger partial charge on any atom is -0.356 e. The van der Waals surface area contributed by atoms with Crippen LogP contribution in [0.25, 0.3) is 0 Å². The second kappa shape index (κ2) is 9.23. The largest absolute Gasteiger partial charge is 0.356 e. The molecule has 0 rings (SSSR count). The molecule has 1 unspecified atom stereocenters. The molecule has 0 aromatic rings. The van der Waals surface area contributed by atoms with Crippen molar-refractivity contribution in [3.8, 4) is 0 Å². The van der Waals surface area contributed by atoms with Gasteiger partial charge in [-0.15, -0.1) is 0 Å². The van der Waals surface area contributed by atoms with Crippen molar-refractivity contribution in [3.63, 3.8) is 0 Å². The van der Waals surface area contributed by atoms with E-state index in [1.165, 1.54) is 0 Å². The van der Waals surface area contributed by atoms with Crippen LogP contribution < -0.4 is 11.1 Å². The van der Waals surface area contributed by atoms with Crippen molar-refractivity contribution in [2.75, 3.05) is 13.1 Å². The van der Waals surface area contributed by atoms with Gasteiger partial charge in [-0.25, -0.2) is 0 Å². The lowest BCUT2D eigenvalue weighted by Gasteiger charge is -2.33. The minimum atomic E-state index is 0.00603. The normalized spacial score (nSPS) is 14.2. The maximum absolute atomic E-state index is 12.4. The Balaban J connectivity index is 4.23. The molecule has 0 saturated heterocycles. The molecule has 120 valence electrons. The molecule has 0 spiro atoms. The third-order valence-electron chi connectivity index (χ3n) is 3.48. The second-order valence-electron chi connectivity index (χ2n) is 7.34. The van der Waals surface area contributed by atoms with E-state index in [9.17, 15) is 4.79 Å². The molecule has 0 aromatic heterocycles. The highest BCUT2D eigenvalue weighted by molar-refractivity contribution is 14.1. The Labute approximate surface area is 139 Å². The van der Waals surface area contributed by atoms with E-state index in [2.05, 4.69) is 62.5 Å². The predicted octanol–water partition coefficient (Wildman–Crippen LogP) is 3.89. The predicted molar refractivity (Wildman–Crippen MR) is 96.2 cm³/mol. The fourth-order valence-electron chi connectivity index (χ4n) is 2.24. The van der Waals surface area contributed by atoms with E-state index in [1.54, 1.807) is 0 Å². The molecule has 1 atom stereocenters. The molecular formula is C16H33IN2O. The molecular weight excluding hydrogens is 363 g/mol. The average Bonchev–Trinajstić information content (AvgIpc) is 2.28. The number of halogens is 1. The van der Waals surface area contributed by atoms with E-state index < -0.39 is 0 Å². The van der Waals surface area contributed by atoms with E-state index >= 15 is 0 Å². The van der Waals surface area contributed by atoms with E-state index in [-0.39, 0.29) is 20.7 Å². The number of hydrogen-bond acceptors (Lipinski definition) is 2. The summed E-state index contributed by atoms with van der Waals surface area (Å²) in [6.45, 7) is 12.4. The average molecular weight is 396 g/mol. The summed E-state index contributed by atoms with van der Waals surface area (Å²) < 4.78 is 0.147. The monoisotopic (exact) mass is 396 g/mol. The molecule has 0 saturated carbocycles. The number of hydrogen-bond donors (Lipinski definition) is 2. The van der Waals surface area contributed by atoms with Gasteiger partial charge in [-0.2, -0.15) is 0 Å². The third-order valence-corrected chi connectivity index (χ3v) is 3.92. The van der Waals surface area contributed by atoms with Gasteiger partial charge in [0.15, 0.2) is 0 Å². The summed E-state index contributed by atoms with van der Waals surface area (Å²) in [5.41, 5.74) is 5.47. The maximum atomic E-state index is 12.4. The van der Waals surface area contributed by atoms with Crippen molar-refractivity contribution >= 4 is 28.5 Å². The Kier molecular flexibility index (Phi) is 9.31. The zero-order chi connectivity index (χ0) is 15.8. The lowest BCUT2D eigenvalue weighted by molar-refractivity contribution is -0.128. The summed E-state index contributed by atoms with van der Waals surface area (Å²) in [7, 11) is 0. The van der Waals surface area contributed by atoms with E-state index in [1.807, 2.05) is 0 Å². The molecule has 0 bridgehead atoms. The first-order valence-electron chi connectivity index (χ1n) is 7.74. The standard InChI is InChI=1S/C16H33IN2O/c1-15(2,3)13(12-16(4,5)17)14(20)19-11-9-7-6-8-10-18/h13H,6-12,18H2,1-5H3,(H,19,20). The Morgan fingerprint density at radius 1 is 1.10 bits per heavy atom. The first-order valence-corrected chi connectivity index (χ1v) is 8.82. The summed E-state index contributed by atoms with van der Waals surface area (Å²) in [6, 6.07) is 0. The summed E-state index contributed by atoms with van der Waals surface area (Å²) in [5, 5.41) is 3.12. The van der Waals surface area contributed by atoms with Crippen LogP contribution in [0.2, 0.25) is 0 Å². The molecule has 0 fully saturated rings. The molecule has 3 nitrogen and oxygen atoms in total. The number of alkyl halides is 1. The van der Waals surface area contributed by atoms with Gasteiger partial charge in [0, 0.05) is 15.9 Å². The molecule has 3 N–H and O–H groups in total. The number of nitrogens with two attached hydrogens (primary N) is 1. The zero-order valence-corrected chi connectivity index (χ0v) is 16.0. The highest BCUT2D eigenvalue weighted by Crippen LogP contribution is 2.36. The lowest BCUT2D eigenvalue weighted by Crippen LogP contribution is -2.41. The molecule has 4 heteroatoms. The van der Waals surface area contributed by atoms with Gasteiger partial charge in [-0.3, -0.25) is 4.79 Å². The molecule has 0 aromatic carbocycles. The third kappa shape index (κ3) is 9.97. The van der Waals surface area contributed by atoms with E-state index in [4.69, 9.17) is 5.73 Å². The number of rotatable bonds is 9. The molecule has 0 radical (unpaired) electrons. The summed E-state index contributed by atoms with van der Waals surface area (Å²) in [5.74, 6) is 0.277. The SMILES string of the molecule is CC(C)(I)CC(C(=O)NCCCCCCN)C(C)(C)C. The van der Waals surface area contributed by atoms with Crippen molar-refractivity contribution in [2.45, 2.75) is 70.1 Å². The lowest BCUT2D eigenvalue weighted by atomic mass is 9.75. The Bertz CT molecular complexity index is 279. The smallest absolute Gasteiger partial charge is 0.223 e. The fraction of sp³-hybridized carbons (Fsp3) is 0.938. The zero-order valence-electron chi connectivity index (χ0n) is 13.9. The van der Waals surface area contributed by atoms with Crippen molar-refractivity contribution in [1.29, 1.82) is 0 Å². The summed E-state index contributed by atoms with van der Waals surface area (Å²) in [6.07, 6.45) is 5.36. The van der Waals surface area contributed by atoms with Gasteiger partial charge in [0.25, 0.3) is 0 Å². The van der Waals surface area contributed by atoms with Crippen LogP contribution in [0.5, 0.6) is 0 Å². The van der Waals surface area contributed by atoms with Crippen LogP contribution >= 0.6 is 22.6 Å². The van der Waals surface area contributed by atoms with E-state index in [0.29, 0.717) is 0 Å². The van der Waals surface area contributed by atoms with Gasteiger partial charge < -0.3 is 11.1 Å². The van der Waals surface area contributed by atoms with Gasteiger partial charge >= 0.3 is 0 Å². The first-order chi connectivity index (χ1) is 9.08. The summed E-state index contributed by atoms with van der Waals surface area (Å²) >= 11 is 2.43. The Morgan fingerprint density at radius 2 is 1.65 bits per heavy atom. The number of unbranched alkanes of at least 4 members (excludes halogenated alkanes) is 3. The van der Waals surface area contributed by atoms with Crippen LogP contribution in [0.15, 0.2) is 0 Å². The van der Waals surface area contributed by atoms with Gasteiger partial charge in [0.2, 0.25) is 5.91 Å². The van der Waals surface area contributed by atoms with Crippen LogP contribution in [0.3, 0.4) is 0 Å². The topological polar surface area (TPSA) is 55.1 Å². The highest BCUT2D eigenvalue weighted by Gasteiger charge is 2.34. The number of carbonyl (C=O) groups is 1. The fourth-order valence-corrected chi connectivity index (χ4v) is 2.68. The minimum absolute atomic E-state index is 0.00603. The van der Waals surface area contributed by atoms with Gasteiger partial charge in [0.1, 0.15) is 0 Å². The van der Waals surface area contributed by atoms with Crippen molar-refractivity contribution in [2.24, 2.45) is 17.1 Å². The van der Waals surface area contributed by atoms with Gasteiger partial charge in [0.05, 0.1) is 0 Å². The molecule has 0 aliphatic heterocycles. The van der Waals surface area contributed by atoms with Gasteiger partial charge in [-0.1, -0.05) is 70.1 Å². The van der Waals surface area contributed by atoms with E-state index in [0.717, 1.165) is 45.2 Å². The number of carbonyl (C=O) groups excluding carboxylic acids is 1. The maximum Gasteiger partial charge on any atom is 0.223 e. The van der Waals surface area contributed by atoms with Crippen LogP contribution in [0.4, 0.5) is 0 Å². The molecule has 0 aliphatic rings. The Morgan fingerprint density at radius 3 is 2.10 bits per heavy atom. The highest BCUT2D eigenvalue weighted by atomic mass is 127. The number of nitrogens with one attached hydrogen (secondary N) is 1. The molecule has 0 heterocycles. The molecule has 0 aliphatic carbocycles. The van der Waals surface area contributed by atoms with Crippen LogP contribution in [-0.2, 0) is 4.79 Å². The Hall–Kier alpha value is 0.160. The van der Waals surface area contributed by atoms with Crippen molar-refractivity contribution in [3.05, 3.63) is 0 Å². The van der Waals surface area contributed by atoms with Crippen molar-refractivity contribution in [1.82, 2.24) is 5.32 Å². The van der Waals surface area contributed by atoms with Crippen LogP contribution in [-0.4, -0.2) is 22.4 Å². The van der Waals surface area contributed by atoms with Crippen LogP contribution in [0.1, 0.15) is 66.7 Å².